The summed E-state index contributed by atoms with van der Waals surface area (Å²) in [5.74, 6) is -0.812. The third kappa shape index (κ3) is 2.90. The van der Waals surface area contributed by atoms with Crippen LogP contribution in [0.5, 0.6) is 0 Å². The summed E-state index contributed by atoms with van der Waals surface area (Å²) in [6.45, 7) is 4.56. The summed E-state index contributed by atoms with van der Waals surface area (Å²) in [5.41, 5.74) is 0.678. The van der Waals surface area contributed by atoms with E-state index in [0.29, 0.717) is 11.7 Å². The Kier molecular flexibility index (Phi) is 3.70. The first kappa shape index (κ1) is 12.9. The van der Waals surface area contributed by atoms with E-state index in [0.717, 1.165) is 18.2 Å². The van der Waals surface area contributed by atoms with Gasteiger partial charge in [-0.05, 0) is 32.4 Å². The van der Waals surface area contributed by atoms with E-state index in [1.807, 2.05) is 5.38 Å². The van der Waals surface area contributed by atoms with Crippen molar-refractivity contribution in [1.29, 1.82) is 0 Å². The molecular formula is C13H19N3O2S. The molecule has 1 N–H and O–H groups in total. The van der Waals surface area contributed by atoms with Crippen molar-refractivity contribution in [3.05, 3.63) is 11.1 Å². The number of carboxylic acid groups (broad SMARTS) is 1. The zero-order valence-electron chi connectivity index (χ0n) is 10.9. The SMILES string of the molecule is O=C(O)Cc1csc(N2CCC(N3CCCC3)C2)n1. The molecule has 2 aliphatic rings. The van der Waals surface area contributed by atoms with Crippen LogP contribution in [0.3, 0.4) is 0 Å². The molecule has 2 saturated heterocycles. The number of carboxylic acids is 1. The van der Waals surface area contributed by atoms with Crippen LogP contribution in [0.25, 0.3) is 0 Å². The van der Waals surface area contributed by atoms with Crippen LogP contribution in [0.4, 0.5) is 5.13 Å². The second kappa shape index (κ2) is 5.46. The molecule has 0 radical (unpaired) electrons. The summed E-state index contributed by atoms with van der Waals surface area (Å²) >= 11 is 1.57. The molecule has 1 atom stereocenters. The fourth-order valence-corrected chi connectivity index (χ4v) is 3.86. The molecule has 0 saturated carbocycles. The number of likely N-dealkylation sites (tertiary alicyclic amines) is 1. The molecule has 1 unspecified atom stereocenters. The molecular weight excluding hydrogens is 262 g/mol. The predicted octanol–water partition coefficient (Wildman–Crippen LogP) is 1.44. The minimum atomic E-state index is -0.812. The average Bonchev–Trinajstić information content (AvgIpc) is 3.09. The molecule has 0 aromatic carbocycles. The maximum absolute atomic E-state index is 10.7. The quantitative estimate of drug-likeness (QED) is 0.905. The van der Waals surface area contributed by atoms with Gasteiger partial charge >= 0.3 is 5.97 Å². The van der Waals surface area contributed by atoms with Gasteiger partial charge in [-0.3, -0.25) is 9.69 Å². The van der Waals surface area contributed by atoms with Gasteiger partial charge in [-0.15, -0.1) is 11.3 Å². The molecule has 3 heterocycles. The number of aromatic nitrogens is 1. The highest BCUT2D eigenvalue weighted by Gasteiger charge is 2.30. The molecule has 0 aliphatic carbocycles. The zero-order valence-corrected chi connectivity index (χ0v) is 11.7. The van der Waals surface area contributed by atoms with Crippen LogP contribution in [0.2, 0.25) is 0 Å². The molecule has 0 spiro atoms. The van der Waals surface area contributed by atoms with E-state index in [2.05, 4.69) is 14.8 Å². The summed E-state index contributed by atoms with van der Waals surface area (Å²) in [5, 5.41) is 11.6. The third-order valence-electron chi connectivity index (χ3n) is 3.96. The number of hydrogen-bond donors (Lipinski definition) is 1. The Morgan fingerprint density at radius 2 is 2.21 bits per heavy atom. The molecule has 1 aromatic rings. The number of hydrogen-bond acceptors (Lipinski definition) is 5. The lowest BCUT2D eigenvalue weighted by molar-refractivity contribution is -0.136. The van der Waals surface area contributed by atoms with Gasteiger partial charge in [0.15, 0.2) is 5.13 Å². The van der Waals surface area contributed by atoms with Gasteiger partial charge in [-0.2, -0.15) is 0 Å². The molecule has 0 bridgehead atoms. The molecule has 5 nitrogen and oxygen atoms in total. The van der Waals surface area contributed by atoms with Crippen LogP contribution >= 0.6 is 11.3 Å². The molecule has 104 valence electrons. The first-order valence-electron chi connectivity index (χ1n) is 6.87. The summed E-state index contributed by atoms with van der Waals surface area (Å²) < 4.78 is 0. The lowest BCUT2D eigenvalue weighted by Crippen LogP contribution is -2.35. The van der Waals surface area contributed by atoms with Gasteiger partial charge in [-0.1, -0.05) is 0 Å². The summed E-state index contributed by atoms with van der Waals surface area (Å²) in [6.07, 6.45) is 3.89. The van der Waals surface area contributed by atoms with Gasteiger partial charge in [0, 0.05) is 24.5 Å². The van der Waals surface area contributed by atoms with E-state index in [4.69, 9.17) is 5.11 Å². The minimum absolute atomic E-state index is 0.0277. The summed E-state index contributed by atoms with van der Waals surface area (Å²) in [4.78, 5) is 20.0. The van der Waals surface area contributed by atoms with Crippen LogP contribution in [0.1, 0.15) is 25.0 Å². The van der Waals surface area contributed by atoms with E-state index < -0.39 is 5.97 Å². The Bertz CT molecular complexity index is 456. The van der Waals surface area contributed by atoms with E-state index in [1.165, 1.54) is 32.4 Å². The number of aliphatic carboxylic acids is 1. The van der Waals surface area contributed by atoms with Gasteiger partial charge in [-0.25, -0.2) is 4.98 Å². The van der Waals surface area contributed by atoms with E-state index in [1.54, 1.807) is 11.3 Å². The predicted molar refractivity (Wildman–Crippen MR) is 74.9 cm³/mol. The number of nitrogens with zero attached hydrogens (tertiary/aromatic N) is 3. The van der Waals surface area contributed by atoms with Crippen LogP contribution in [0, 0.1) is 0 Å². The molecule has 0 amide bonds. The smallest absolute Gasteiger partial charge is 0.309 e. The van der Waals surface area contributed by atoms with Crippen molar-refractivity contribution in [2.45, 2.75) is 31.7 Å². The molecule has 2 fully saturated rings. The van der Waals surface area contributed by atoms with Crippen LogP contribution in [-0.2, 0) is 11.2 Å². The van der Waals surface area contributed by atoms with E-state index >= 15 is 0 Å². The van der Waals surface area contributed by atoms with Crippen molar-refractivity contribution in [3.63, 3.8) is 0 Å². The Morgan fingerprint density at radius 3 is 2.95 bits per heavy atom. The Hall–Kier alpha value is -1.14. The zero-order chi connectivity index (χ0) is 13.2. The number of thiazole rings is 1. The molecule has 2 aliphatic heterocycles. The highest BCUT2D eigenvalue weighted by molar-refractivity contribution is 7.13. The topological polar surface area (TPSA) is 56.7 Å². The molecule has 19 heavy (non-hydrogen) atoms. The van der Waals surface area contributed by atoms with Crippen molar-refractivity contribution in [2.24, 2.45) is 0 Å². The molecule has 1 aromatic heterocycles. The van der Waals surface area contributed by atoms with Crippen molar-refractivity contribution < 1.29 is 9.90 Å². The summed E-state index contributed by atoms with van der Waals surface area (Å²) in [6, 6.07) is 0.661. The first-order valence-corrected chi connectivity index (χ1v) is 7.75. The molecule has 6 heteroatoms. The average molecular weight is 281 g/mol. The van der Waals surface area contributed by atoms with Crippen molar-refractivity contribution >= 4 is 22.4 Å². The molecule has 3 rings (SSSR count). The van der Waals surface area contributed by atoms with E-state index in [-0.39, 0.29) is 6.42 Å². The second-order valence-corrected chi connectivity index (χ2v) is 6.16. The lowest BCUT2D eigenvalue weighted by Gasteiger charge is -2.23. The maximum Gasteiger partial charge on any atom is 0.309 e. The largest absolute Gasteiger partial charge is 0.481 e. The highest BCUT2D eigenvalue weighted by Crippen LogP contribution is 2.27. The normalized spacial score (nSPS) is 24.2. The monoisotopic (exact) mass is 281 g/mol. The third-order valence-corrected chi connectivity index (χ3v) is 4.91. The van der Waals surface area contributed by atoms with E-state index in [9.17, 15) is 4.79 Å². The van der Waals surface area contributed by atoms with Gasteiger partial charge in [0.1, 0.15) is 0 Å². The minimum Gasteiger partial charge on any atom is -0.481 e. The van der Waals surface area contributed by atoms with Crippen molar-refractivity contribution in [2.75, 3.05) is 31.1 Å². The van der Waals surface area contributed by atoms with Crippen LogP contribution in [0.15, 0.2) is 5.38 Å². The number of rotatable bonds is 4. The highest BCUT2D eigenvalue weighted by atomic mass is 32.1. The standard InChI is InChI=1S/C13H19N3O2S/c17-12(18)7-10-9-19-13(14-10)16-6-3-11(8-16)15-4-1-2-5-15/h9,11H,1-8H2,(H,17,18). The van der Waals surface area contributed by atoms with Crippen molar-refractivity contribution in [3.8, 4) is 0 Å². The number of carbonyl (C=O) groups is 1. The maximum atomic E-state index is 10.7. The Labute approximate surface area is 116 Å². The van der Waals surface area contributed by atoms with Gasteiger partial charge < -0.3 is 10.0 Å². The first-order chi connectivity index (χ1) is 9.22. The lowest BCUT2D eigenvalue weighted by atomic mass is 10.2. The fraction of sp³-hybridized carbons (Fsp3) is 0.692. The van der Waals surface area contributed by atoms with Gasteiger partial charge in [0.05, 0.1) is 12.1 Å². The van der Waals surface area contributed by atoms with Crippen LogP contribution < -0.4 is 4.90 Å². The van der Waals surface area contributed by atoms with Crippen molar-refractivity contribution in [1.82, 2.24) is 9.88 Å². The van der Waals surface area contributed by atoms with Gasteiger partial charge in [0.2, 0.25) is 0 Å². The Balaban J connectivity index is 1.60. The number of anilines is 1. The fourth-order valence-electron chi connectivity index (χ4n) is 3.00. The van der Waals surface area contributed by atoms with Crippen LogP contribution in [-0.4, -0.2) is 53.2 Å². The summed E-state index contributed by atoms with van der Waals surface area (Å²) in [7, 11) is 0. The second-order valence-electron chi connectivity index (χ2n) is 5.32. The Morgan fingerprint density at radius 1 is 1.42 bits per heavy atom. The van der Waals surface area contributed by atoms with Gasteiger partial charge in [0.25, 0.3) is 0 Å².